The average Bonchev–Trinajstić information content (AvgIpc) is 2.84. The molecule has 33 heavy (non-hydrogen) atoms. The lowest BCUT2D eigenvalue weighted by Crippen LogP contribution is -2.40. The molecule has 3 amide bonds. The van der Waals surface area contributed by atoms with Gasteiger partial charge in [0.15, 0.2) is 0 Å². The van der Waals surface area contributed by atoms with Crippen molar-refractivity contribution in [3.63, 3.8) is 0 Å². The molecule has 3 aromatic rings. The molecule has 0 radical (unpaired) electrons. The number of hydrogen-bond donors (Lipinski definition) is 4. The van der Waals surface area contributed by atoms with Crippen molar-refractivity contribution >= 4 is 28.5 Å². The molecule has 7 nitrogen and oxygen atoms in total. The van der Waals surface area contributed by atoms with Crippen molar-refractivity contribution in [1.29, 1.82) is 0 Å². The topological polar surface area (TPSA) is 108 Å². The molecule has 0 aliphatic heterocycles. The van der Waals surface area contributed by atoms with Gasteiger partial charge in [0, 0.05) is 18.7 Å². The molecule has 0 unspecified atom stereocenters. The fraction of sp³-hybridized carbons (Fsp3) is 0.192. The molecule has 7 heteroatoms. The lowest BCUT2D eigenvalue weighted by atomic mass is 9.99. The first-order chi connectivity index (χ1) is 16.0. The number of aliphatic hydroxyl groups excluding tert-OH is 1. The zero-order valence-electron chi connectivity index (χ0n) is 18.4. The molecular weight excluding hydrogens is 418 g/mol. The Hall–Kier alpha value is -3.97. The van der Waals surface area contributed by atoms with Crippen molar-refractivity contribution in [1.82, 2.24) is 16.0 Å². The number of benzene rings is 3. The van der Waals surface area contributed by atoms with Crippen molar-refractivity contribution in [3.8, 4) is 0 Å². The van der Waals surface area contributed by atoms with E-state index < -0.39 is 11.8 Å². The Morgan fingerprint density at radius 1 is 0.879 bits per heavy atom. The summed E-state index contributed by atoms with van der Waals surface area (Å²) < 4.78 is 0. The zero-order chi connectivity index (χ0) is 23.6. The number of hydrogen-bond acceptors (Lipinski definition) is 4. The van der Waals surface area contributed by atoms with Crippen LogP contribution in [0.15, 0.2) is 78.9 Å². The van der Waals surface area contributed by atoms with Crippen LogP contribution in [0.2, 0.25) is 0 Å². The number of carbonyl (C=O) groups excluding carboxylic acids is 3. The molecule has 3 aromatic carbocycles. The van der Waals surface area contributed by atoms with Crippen LogP contribution in [0.4, 0.5) is 0 Å². The van der Waals surface area contributed by atoms with Gasteiger partial charge in [-0.3, -0.25) is 14.4 Å². The molecule has 0 aromatic heterocycles. The first-order valence-electron chi connectivity index (χ1n) is 10.7. The molecule has 0 bridgehead atoms. The van der Waals surface area contributed by atoms with Gasteiger partial charge in [-0.05, 0) is 34.9 Å². The zero-order valence-corrected chi connectivity index (χ0v) is 18.4. The van der Waals surface area contributed by atoms with Gasteiger partial charge >= 0.3 is 11.8 Å². The molecule has 170 valence electrons. The van der Waals surface area contributed by atoms with Crippen LogP contribution >= 0.6 is 0 Å². The maximum atomic E-state index is 13.0. The predicted octanol–water partition coefficient (Wildman–Crippen LogP) is 2.61. The summed E-state index contributed by atoms with van der Waals surface area (Å²) in [4.78, 5) is 36.9. The van der Waals surface area contributed by atoms with Crippen LogP contribution in [0, 0.1) is 0 Å². The molecule has 4 N–H and O–H groups in total. The summed E-state index contributed by atoms with van der Waals surface area (Å²) in [5.74, 6) is -1.85. The van der Waals surface area contributed by atoms with Crippen LogP contribution in [0.3, 0.4) is 0 Å². The van der Waals surface area contributed by atoms with Gasteiger partial charge in [-0.2, -0.15) is 0 Å². The molecule has 1 atom stereocenters. The molecule has 0 aliphatic carbocycles. The molecule has 0 spiro atoms. The van der Waals surface area contributed by atoms with Crippen molar-refractivity contribution < 1.29 is 19.5 Å². The summed E-state index contributed by atoms with van der Waals surface area (Å²) in [6, 6.07) is 20.7. The number of amides is 3. The Morgan fingerprint density at radius 3 is 2.39 bits per heavy atom. The summed E-state index contributed by atoms with van der Waals surface area (Å²) in [5, 5.41) is 18.9. The summed E-state index contributed by atoms with van der Waals surface area (Å²) >= 11 is 0. The Bertz CT molecular complexity index is 1170. The van der Waals surface area contributed by atoms with E-state index in [1.165, 1.54) is 6.08 Å². The van der Waals surface area contributed by atoms with Crippen molar-refractivity contribution in [3.05, 3.63) is 95.6 Å². The minimum Gasteiger partial charge on any atom is -0.392 e. The normalized spacial score (nSPS) is 11.8. The van der Waals surface area contributed by atoms with Crippen LogP contribution in [0.25, 0.3) is 10.8 Å². The van der Waals surface area contributed by atoms with E-state index in [1.54, 1.807) is 30.3 Å². The SMILES string of the molecule is C[C@@H](NC(=O)c1ccccc1CNC(=O)C(=O)NC/C=C/CO)c1cccc2ccccc12. The maximum absolute atomic E-state index is 13.0. The number of rotatable bonds is 8. The van der Waals surface area contributed by atoms with Gasteiger partial charge in [-0.1, -0.05) is 72.8 Å². The third-order valence-electron chi connectivity index (χ3n) is 5.20. The molecule has 0 saturated heterocycles. The largest absolute Gasteiger partial charge is 0.392 e. The van der Waals surface area contributed by atoms with Crippen LogP contribution < -0.4 is 16.0 Å². The molecule has 0 aliphatic rings. The molecule has 0 fully saturated rings. The van der Waals surface area contributed by atoms with Crippen molar-refractivity contribution in [2.45, 2.75) is 19.5 Å². The predicted molar refractivity (Wildman–Crippen MR) is 127 cm³/mol. The first-order valence-corrected chi connectivity index (χ1v) is 10.7. The second-order valence-corrected chi connectivity index (χ2v) is 7.47. The van der Waals surface area contributed by atoms with Crippen molar-refractivity contribution in [2.24, 2.45) is 0 Å². The second-order valence-electron chi connectivity index (χ2n) is 7.47. The third-order valence-corrected chi connectivity index (χ3v) is 5.20. The Kier molecular flexibility index (Phi) is 8.32. The van der Waals surface area contributed by atoms with Gasteiger partial charge in [0.2, 0.25) is 0 Å². The van der Waals surface area contributed by atoms with Gasteiger partial charge in [0.05, 0.1) is 12.6 Å². The van der Waals surface area contributed by atoms with E-state index in [2.05, 4.69) is 16.0 Å². The summed E-state index contributed by atoms with van der Waals surface area (Å²) in [7, 11) is 0. The highest BCUT2D eigenvalue weighted by Gasteiger charge is 2.18. The number of carbonyl (C=O) groups is 3. The highest BCUT2D eigenvalue weighted by Crippen LogP contribution is 2.24. The van der Waals surface area contributed by atoms with Crippen molar-refractivity contribution in [2.75, 3.05) is 13.2 Å². The first kappa shape index (κ1) is 23.7. The van der Waals surface area contributed by atoms with E-state index in [1.807, 2.05) is 49.4 Å². The van der Waals surface area contributed by atoms with Gasteiger partial charge in [-0.15, -0.1) is 0 Å². The maximum Gasteiger partial charge on any atom is 0.309 e. The highest BCUT2D eigenvalue weighted by atomic mass is 16.2. The molecular formula is C26H27N3O4. The van der Waals surface area contributed by atoms with E-state index in [-0.39, 0.29) is 31.6 Å². The quantitative estimate of drug-likeness (QED) is 0.316. The van der Waals surface area contributed by atoms with Crippen LogP contribution in [0.1, 0.15) is 34.5 Å². The van der Waals surface area contributed by atoms with Gasteiger partial charge in [-0.25, -0.2) is 0 Å². The number of aliphatic hydroxyl groups is 1. The van der Waals surface area contributed by atoms with Crippen LogP contribution in [-0.4, -0.2) is 36.0 Å². The van der Waals surface area contributed by atoms with E-state index in [0.717, 1.165) is 16.3 Å². The van der Waals surface area contributed by atoms with Crippen LogP contribution in [0.5, 0.6) is 0 Å². The summed E-state index contributed by atoms with van der Waals surface area (Å²) in [6.45, 7) is 1.96. The molecule has 0 saturated carbocycles. The minimum absolute atomic E-state index is 0.0327. The Labute approximate surface area is 192 Å². The summed E-state index contributed by atoms with van der Waals surface area (Å²) in [5.41, 5.74) is 2.04. The number of fused-ring (bicyclic) bond motifs is 1. The van der Waals surface area contributed by atoms with Gasteiger partial charge < -0.3 is 21.1 Å². The van der Waals surface area contributed by atoms with Gasteiger partial charge in [0.1, 0.15) is 0 Å². The standard InChI is InChI=1S/C26H27N3O4/c1-18(21-14-8-11-19-9-2-4-12-22(19)21)29-24(31)23-13-5-3-10-20(23)17-28-26(33)25(32)27-15-6-7-16-30/h2-14,18,30H,15-17H2,1H3,(H,27,32)(H,28,33)(H,29,31)/b7-6+/t18-/m1/s1. The Balaban J connectivity index is 1.65. The second kappa shape index (κ2) is 11.6. The van der Waals surface area contributed by atoms with E-state index >= 15 is 0 Å². The smallest absolute Gasteiger partial charge is 0.309 e. The summed E-state index contributed by atoms with van der Waals surface area (Å²) in [6.07, 6.45) is 3.01. The molecule has 0 heterocycles. The third kappa shape index (κ3) is 6.27. The average molecular weight is 446 g/mol. The minimum atomic E-state index is -0.799. The van der Waals surface area contributed by atoms with Gasteiger partial charge in [0.25, 0.3) is 5.91 Å². The lowest BCUT2D eigenvalue weighted by molar-refractivity contribution is -0.139. The molecule has 3 rings (SSSR count). The Morgan fingerprint density at radius 2 is 1.58 bits per heavy atom. The van der Waals surface area contributed by atoms with E-state index in [9.17, 15) is 14.4 Å². The van der Waals surface area contributed by atoms with E-state index in [4.69, 9.17) is 5.11 Å². The highest BCUT2D eigenvalue weighted by molar-refractivity contribution is 6.35. The fourth-order valence-corrected chi connectivity index (χ4v) is 3.52. The van der Waals surface area contributed by atoms with E-state index in [0.29, 0.717) is 11.1 Å². The number of nitrogens with one attached hydrogen (secondary N) is 3. The lowest BCUT2D eigenvalue weighted by Gasteiger charge is -2.18. The monoisotopic (exact) mass is 445 g/mol. The fourth-order valence-electron chi connectivity index (χ4n) is 3.52. The van der Waals surface area contributed by atoms with Crippen LogP contribution in [-0.2, 0) is 16.1 Å².